The van der Waals surface area contributed by atoms with Gasteiger partial charge in [-0.15, -0.1) is 0 Å². The van der Waals surface area contributed by atoms with E-state index in [0.717, 1.165) is 19.5 Å². The lowest BCUT2D eigenvalue weighted by atomic mass is 10.00. The molecule has 2 heterocycles. The highest BCUT2D eigenvalue weighted by molar-refractivity contribution is 5.89. The number of carbonyl (C=O) groups excluding carboxylic acids is 2. The highest BCUT2D eigenvalue weighted by atomic mass is 16.2. The molecule has 0 unspecified atom stereocenters. The Kier molecular flexibility index (Phi) is 2.65. The Bertz CT molecular complexity index is 292. The molecule has 1 N–H and O–H groups in total. The normalized spacial score (nSPS) is 29.9. The van der Waals surface area contributed by atoms with Gasteiger partial charge in [0.25, 0.3) is 0 Å². The lowest BCUT2D eigenvalue weighted by Crippen LogP contribution is -2.48. The van der Waals surface area contributed by atoms with Crippen LogP contribution in [0.5, 0.6) is 0 Å². The number of fused-ring (bicyclic) bond motifs is 2. The van der Waals surface area contributed by atoms with Gasteiger partial charge in [0.1, 0.15) is 6.04 Å². The molecule has 0 aromatic heterocycles. The van der Waals surface area contributed by atoms with E-state index in [1.807, 2.05) is 7.05 Å². The van der Waals surface area contributed by atoms with Gasteiger partial charge < -0.3 is 15.1 Å². The molecule has 2 bridgehead atoms. The first-order chi connectivity index (χ1) is 7.13. The van der Waals surface area contributed by atoms with E-state index in [2.05, 4.69) is 5.32 Å². The summed E-state index contributed by atoms with van der Waals surface area (Å²) in [4.78, 5) is 27.0. The quantitative estimate of drug-likeness (QED) is 0.630. The molecule has 0 radical (unpaired) electrons. The summed E-state index contributed by atoms with van der Waals surface area (Å²) < 4.78 is 0. The molecule has 5 nitrogen and oxygen atoms in total. The molecule has 2 fully saturated rings. The molecule has 0 spiro atoms. The maximum atomic E-state index is 11.8. The van der Waals surface area contributed by atoms with Crippen molar-refractivity contribution in [2.45, 2.75) is 12.5 Å². The maximum absolute atomic E-state index is 11.8. The van der Waals surface area contributed by atoms with Crippen LogP contribution in [-0.4, -0.2) is 61.4 Å². The minimum Gasteiger partial charge on any atom is -0.344 e. The third-order valence-electron chi connectivity index (χ3n) is 3.23. The second-order valence-electron chi connectivity index (χ2n) is 4.41. The van der Waals surface area contributed by atoms with Crippen LogP contribution >= 0.6 is 0 Å². The van der Waals surface area contributed by atoms with Crippen molar-refractivity contribution in [2.75, 3.05) is 33.7 Å². The van der Waals surface area contributed by atoms with Crippen LogP contribution in [0.1, 0.15) is 6.42 Å². The Labute approximate surface area is 89.4 Å². The van der Waals surface area contributed by atoms with Gasteiger partial charge in [-0.2, -0.15) is 0 Å². The summed E-state index contributed by atoms with van der Waals surface area (Å²) >= 11 is 0. The molecule has 2 saturated heterocycles. The van der Waals surface area contributed by atoms with Crippen LogP contribution in [0.3, 0.4) is 0 Å². The summed E-state index contributed by atoms with van der Waals surface area (Å²) in [5.41, 5.74) is 0. The van der Waals surface area contributed by atoms with E-state index >= 15 is 0 Å². The molecule has 2 amide bonds. The zero-order valence-corrected chi connectivity index (χ0v) is 9.19. The molecule has 15 heavy (non-hydrogen) atoms. The van der Waals surface area contributed by atoms with E-state index in [9.17, 15) is 9.59 Å². The van der Waals surface area contributed by atoms with E-state index in [1.54, 1.807) is 16.8 Å². The van der Waals surface area contributed by atoms with Crippen LogP contribution in [0.15, 0.2) is 0 Å². The maximum Gasteiger partial charge on any atom is 0.245 e. The fourth-order valence-corrected chi connectivity index (χ4v) is 2.55. The molecule has 84 valence electrons. The number of nitrogens with zero attached hydrogens (tertiary/aromatic N) is 2. The van der Waals surface area contributed by atoms with Gasteiger partial charge in [-0.25, -0.2) is 0 Å². The molecule has 2 atom stereocenters. The first-order valence-electron chi connectivity index (χ1n) is 5.32. The predicted molar refractivity (Wildman–Crippen MR) is 55.2 cm³/mol. The molecule has 2 rings (SSSR count). The first kappa shape index (κ1) is 10.4. The van der Waals surface area contributed by atoms with E-state index < -0.39 is 0 Å². The number of rotatable bonds is 2. The number of likely N-dealkylation sites (N-methyl/N-ethyl adjacent to an activating group) is 2. The van der Waals surface area contributed by atoms with E-state index in [4.69, 9.17) is 0 Å². The average molecular weight is 211 g/mol. The lowest BCUT2D eigenvalue weighted by Gasteiger charge is -2.29. The van der Waals surface area contributed by atoms with Crippen LogP contribution in [0, 0.1) is 5.92 Å². The van der Waals surface area contributed by atoms with Crippen molar-refractivity contribution in [2.24, 2.45) is 5.92 Å². The molecule has 0 aromatic carbocycles. The summed E-state index contributed by atoms with van der Waals surface area (Å²) in [6.07, 6.45) is 0.846. The number of hydrogen-bond acceptors (Lipinski definition) is 3. The topological polar surface area (TPSA) is 52.7 Å². The van der Waals surface area contributed by atoms with E-state index in [0.29, 0.717) is 12.5 Å². The largest absolute Gasteiger partial charge is 0.344 e. The van der Waals surface area contributed by atoms with Crippen LogP contribution in [0.25, 0.3) is 0 Å². The molecule has 5 heteroatoms. The van der Waals surface area contributed by atoms with Crippen molar-refractivity contribution < 1.29 is 9.59 Å². The van der Waals surface area contributed by atoms with Crippen molar-refractivity contribution in [3.8, 4) is 0 Å². The van der Waals surface area contributed by atoms with Gasteiger partial charge >= 0.3 is 0 Å². The Balaban J connectivity index is 2.10. The molecular formula is C10H17N3O2. The summed E-state index contributed by atoms with van der Waals surface area (Å²) in [5, 5.41) is 2.83. The smallest absolute Gasteiger partial charge is 0.245 e. The van der Waals surface area contributed by atoms with Crippen molar-refractivity contribution >= 4 is 11.8 Å². The lowest BCUT2D eigenvalue weighted by molar-refractivity contribution is -0.142. The molecule has 2 aliphatic heterocycles. The van der Waals surface area contributed by atoms with Gasteiger partial charge in [0, 0.05) is 20.1 Å². The zero-order chi connectivity index (χ0) is 11.0. The Morgan fingerprint density at radius 2 is 2.27 bits per heavy atom. The third-order valence-corrected chi connectivity index (χ3v) is 3.23. The summed E-state index contributed by atoms with van der Waals surface area (Å²) in [7, 11) is 3.56. The molecule has 0 saturated carbocycles. The minimum atomic E-state index is -0.199. The molecular weight excluding hydrogens is 194 g/mol. The van der Waals surface area contributed by atoms with Gasteiger partial charge in [0.05, 0.1) is 6.54 Å². The number of nitrogens with one attached hydrogen (secondary N) is 1. The van der Waals surface area contributed by atoms with Gasteiger partial charge in [-0.1, -0.05) is 0 Å². The summed E-state index contributed by atoms with van der Waals surface area (Å²) in [6, 6.07) is -0.199. The fraction of sp³-hybridized carbons (Fsp3) is 0.800. The van der Waals surface area contributed by atoms with Gasteiger partial charge in [0.2, 0.25) is 11.8 Å². The zero-order valence-electron chi connectivity index (χ0n) is 9.19. The number of hydrogen-bond donors (Lipinski definition) is 1. The van der Waals surface area contributed by atoms with E-state index in [-0.39, 0.29) is 17.9 Å². The second kappa shape index (κ2) is 3.81. The van der Waals surface area contributed by atoms with Crippen molar-refractivity contribution in [3.05, 3.63) is 0 Å². The predicted octanol–water partition coefficient (Wildman–Crippen LogP) is -1.11. The minimum absolute atomic E-state index is 0.0358. The number of piperidine rings is 1. The average Bonchev–Trinajstić information content (AvgIpc) is 2.55. The van der Waals surface area contributed by atoms with E-state index in [1.165, 1.54) is 0 Å². The van der Waals surface area contributed by atoms with Crippen molar-refractivity contribution in [1.82, 2.24) is 15.1 Å². The Hall–Kier alpha value is -1.10. The second-order valence-corrected chi connectivity index (χ2v) is 4.41. The van der Waals surface area contributed by atoms with Crippen LogP contribution < -0.4 is 5.32 Å². The Morgan fingerprint density at radius 3 is 2.93 bits per heavy atom. The molecule has 0 aromatic rings. The number of carbonyl (C=O) groups is 2. The van der Waals surface area contributed by atoms with Crippen LogP contribution in [0.4, 0.5) is 0 Å². The van der Waals surface area contributed by atoms with Crippen molar-refractivity contribution in [1.29, 1.82) is 0 Å². The fourth-order valence-electron chi connectivity index (χ4n) is 2.55. The number of amides is 2. The third kappa shape index (κ3) is 1.71. The highest BCUT2D eigenvalue weighted by Gasteiger charge is 2.44. The van der Waals surface area contributed by atoms with Gasteiger partial charge in [-0.3, -0.25) is 9.59 Å². The summed E-state index contributed by atoms with van der Waals surface area (Å²) in [6.45, 7) is 1.85. The van der Waals surface area contributed by atoms with Gasteiger partial charge in [0.15, 0.2) is 0 Å². The summed E-state index contributed by atoms with van der Waals surface area (Å²) in [5.74, 6) is 0.598. The molecule has 0 aliphatic carbocycles. The van der Waals surface area contributed by atoms with Crippen LogP contribution in [-0.2, 0) is 9.59 Å². The highest BCUT2D eigenvalue weighted by Crippen LogP contribution is 2.29. The van der Waals surface area contributed by atoms with Crippen molar-refractivity contribution in [3.63, 3.8) is 0 Å². The number of likely N-dealkylation sites (tertiary alicyclic amines) is 2. The Morgan fingerprint density at radius 1 is 1.53 bits per heavy atom. The van der Waals surface area contributed by atoms with Crippen LogP contribution in [0.2, 0.25) is 0 Å². The van der Waals surface area contributed by atoms with Gasteiger partial charge in [-0.05, 0) is 19.4 Å². The SMILES string of the molecule is CNCC(=O)N1C[C@H]2C[C@H]1C(=O)N(C)C2. The first-order valence-corrected chi connectivity index (χ1v) is 5.32. The standard InChI is InChI=1S/C10H17N3O2/c1-11-4-9(14)13-6-7-3-8(13)10(15)12(2)5-7/h7-8,11H,3-6H2,1-2H3/t7-,8-/m0/s1. The monoisotopic (exact) mass is 211 g/mol. The molecule has 2 aliphatic rings.